The molecular weight excluding hydrogens is 126 g/mol. The van der Waals surface area contributed by atoms with Crippen LogP contribution in [0.1, 0.15) is 13.8 Å². The van der Waals surface area contributed by atoms with Crippen LogP contribution in [0.4, 0.5) is 0 Å². The van der Waals surface area contributed by atoms with Crippen LogP contribution in [0.15, 0.2) is 0 Å². The highest BCUT2D eigenvalue weighted by Gasteiger charge is 2.36. The molecule has 0 aromatic rings. The van der Waals surface area contributed by atoms with Gasteiger partial charge < -0.3 is 0 Å². The molecule has 1 heterocycles. The van der Waals surface area contributed by atoms with Crippen molar-refractivity contribution in [1.29, 1.82) is 0 Å². The van der Waals surface area contributed by atoms with Crippen molar-refractivity contribution < 1.29 is 4.59 Å². The van der Waals surface area contributed by atoms with E-state index in [-0.39, 0.29) is 0 Å². The molecule has 3 nitrogen and oxygen atoms in total. The highest BCUT2D eigenvalue weighted by atomic mass is 15.8. The van der Waals surface area contributed by atoms with E-state index >= 15 is 0 Å². The minimum absolute atomic E-state index is 0.518. The Morgan fingerprint density at radius 2 is 2.30 bits per heavy atom. The fourth-order valence-electron chi connectivity index (χ4n) is 1.33. The number of hydrogen-bond donors (Lipinski definition) is 1. The highest BCUT2D eigenvalue weighted by molar-refractivity contribution is 4.56. The summed E-state index contributed by atoms with van der Waals surface area (Å²) in [6.07, 6.45) is 0.518. The molecule has 0 spiro atoms. The summed E-state index contributed by atoms with van der Waals surface area (Å²) >= 11 is 0. The lowest BCUT2D eigenvalue weighted by Crippen LogP contribution is -2.52. The second-order valence-electron chi connectivity index (χ2n) is 3.27. The van der Waals surface area contributed by atoms with E-state index in [0.29, 0.717) is 6.17 Å². The van der Waals surface area contributed by atoms with Gasteiger partial charge in [0.2, 0.25) is 0 Å². The van der Waals surface area contributed by atoms with Crippen LogP contribution in [0.2, 0.25) is 0 Å². The van der Waals surface area contributed by atoms with Gasteiger partial charge in [-0.25, -0.2) is 9.91 Å². The topological polar surface area (TPSA) is 15.3 Å². The van der Waals surface area contributed by atoms with Gasteiger partial charge in [0.05, 0.1) is 13.6 Å². The zero-order chi connectivity index (χ0) is 7.78. The van der Waals surface area contributed by atoms with Crippen molar-refractivity contribution in [2.24, 2.45) is 0 Å². The van der Waals surface area contributed by atoms with Crippen molar-refractivity contribution in [2.75, 3.05) is 27.3 Å². The first kappa shape index (κ1) is 7.98. The number of quaternary nitrogens is 1. The van der Waals surface area contributed by atoms with E-state index < -0.39 is 0 Å². The summed E-state index contributed by atoms with van der Waals surface area (Å²) in [5.41, 5.74) is 0. The van der Waals surface area contributed by atoms with Crippen LogP contribution in [0.3, 0.4) is 0 Å². The first-order valence-corrected chi connectivity index (χ1v) is 3.91. The second-order valence-corrected chi connectivity index (χ2v) is 3.27. The second kappa shape index (κ2) is 2.49. The average Bonchev–Trinajstić information content (AvgIpc) is 2.19. The average molecular weight is 144 g/mol. The normalized spacial score (nSPS) is 42.6. The van der Waals surface area contributed by atoms with Gasteiger partial charge in [-0.05, 0) is 13.8 Å². The van der Waals surface area contributed by atoms with E-state index in [1.54, 1.807) is 0 Å². The molecule has 0 aliphatic carbocycles. The Bertz CT molecular complexity index is 126. The zero-order valence-corrected chi connectivity index (χ0v) is 7.39. The molecule has 60 valence electrons. The molecule has 0 radical (unpaired) electrons. The SMILES string of the molecule is CC[N+]1(C)CNC(C)N1C. The summed E-state index contributed by atoms with van der Waals surface area (Å²) < 4.78 is 1.02. The van der Waals surface area contributed by atoms with Crippen LogP contribution < -0.4 is 5.32 Å². The molecule has 0 aromatic heterocycles. The summed E-state index contributed by atoms with van der Waals surface area (Å²) in [5, 5.41) is 5.76. The fourth-order valence-corrected chi connectivity index (χ4v) is 1.33. The van der Waals surface area contributed by atoms with Gasteiger partial charge in [-0.1, -0.05) is 0 Å². The first-order valence-electron chi connectivity index (χ1n) is 3.91. The largest absolute Gasteiger partial charge is 0.249 e. The minimum Gasteiger partial charge on any atom is -0.249 e. The van der Waals surface area contributed by atoms with Crippen molar-refractivity contribution in [1.82, 2.24) is 10.3 Å². The molecular formula is C7H18N3+. The van der Waals surface area contributed by atoms with Crippen molar-refractivity contribution >= 4 is 0 Å². The van der Waals surface area contributed by atoms with E-state index in [9.17, 15) is 0 Å². The van der Waals surface area contributed by atoms with Crippen LogP contribution in [0.5, 0.6) is 0 Å². The molecule has 1 saturated heterocycles. The Morgan fingerprint density at radius 1 is 1.70 bits per heavy atom. The van der Waals surface area contributed by atoms with E-state index in [1.165, 1.54) is 0 Å². The lowest BCUT2D eigenvalue weighted by Gasteiger charge is -2.33. The molecule has 10 heavy (non-hydrogen) atoms. The van der Waals surface area contributed by atoms with Crippen molar-refractivity contribution in [2.45, 2.75) is 20.0 Å². The van der Waals surface area contributed by atoms with Crippen molar-refractivity contribution in [3.63, 3.8) is 0 Å². The molecule has 3 heteroatoms. The Balaban J connectivity index is 2.64. The summed E-state index contributed by atoms with van der Waals surface area (Å²) in [6.45, 7) is 6.64. The van der Waals surface area contributed by atoms with Crippen molar-refractivity contribution in [3.8, 4) is 0 Å². The van der Waals surface area contributed by atoms with Crippen LogP contribution >= 0.6 is 0 Å². The third kappa shape index (κ3) is 1.05. The fraction of sp³-hybridized carbons (Fsp3) is 1.00. The molecule has 1 aliphatic heterocycles. The van der Waals surface area contributed by atoms with E-state index in [2.05, 4.69) is 38.3 Å². The van der Waals surface area contributed by atoms with Gasteiger partial charge in [0.25, 0.3) is 0 Å². The van der Waals surface area contributed by atoms with Gasteiger partial charge in [-0.2, -0.15) is 0 Å². The monoisotopic (exact) mass is 144 g/mol. The van der Waals surface area contributed by atoms with Crippen LogP contribution in [-0.4, -0.2) is 43.1 Å². The molecule has 1 fully saturated rings. The number of nitrogens with zero attached hydrogens (tertiary/aromatic N) is 2. The maximum Gasteiger partial charge on any atom is 0.151 e. The standard InChI is InChI=1S/C7H18N3/c1-5-10(4)6-8-7(2)9(10)3/h7-8H,5-6H2,1-4H3/q+1. The number of rotatable bonds is 1. The molecule has 0 saturated carbocycles. The van der Waals surface area contributed by atoms with Gasteiger partial charge >= 0.3 is 0 Å². The van der Waals surface area contributed by atoms with E-state index in [1.807, 2.05) is 0 Å². The van der Waals surface area contributed by atoms with Gasteiger partial charge in [-0.3, -0.25) is 0 Å². The lowest BCUT2D eigenvalue weighted by molar-refractivity contribution is -1.00. The predicted molar refractivity (Wildman–Crippen MR) is 42.0 cm³/mol. The molecule has 1 N–H and O–H groups in total. The van der Waals surface area contributed by atoms with Crippen LogP contribution in [0.25, 0.3) is 0 Å². The molecule has 1 aliphatic rings. The smallest absolute Gasteiger partial charge is 0.151 e. The van der Waals surface area contributed by atoms with Gasteiger partial charge in [0.1, 0.15) is 6.17 Å². The van der Waals surface area contributed by atoms with Gasteiger partial charge in [0, 0.05) is 7.05 Å². The number of hydrogen-bond acceptors (Lipinski definition) is 2. The maximum absolute atomic E-state index is 3.41. The Kier molecular flexibility index (Phi) is 1.99. The summed E-state index contributed by atoms with van der Waals surface area (Å²) in [6, 6.07) is 0. The quantitative estimate of drug-likeness (QED) is 0.529. The Hall–Kier alpha value is -0.120. The number of nitrogens with one attached hydrogen (secondary N) is 1. The lowest BCUT2D eigenvalue weighted by atomic mass is 10.6. The van der Waals surface area contributed by atoms with Crippen molar-refractivity contribution in [3.05, 3.63) is 0 Å². The molecule has 1 rings (SSSR count). The maximum atomic E-state index is 3.41. The summed E-state index contributed by atoms with van der Waals surface area (Å²) in [4.78, 5) is 0. The third-order valence-corrected chi connectivity index (χ3v) is 2.73. The minimum atomic E-state index is 0.518. The van der Waals surface area contributed by atoms with E-state index in [4.69, 9.17) is 0 Å². The zero-order valence-electron chi connectivity index (χ0n) is 7.39. The Labute approximate surface area is 63.2 Å². The molecule has 2 unspecified atom stereocenters. The third-order valence-electron chi connectivity index (χ3n) is 2.73. The van der Waals surface area contributed by atoms with Crippen LogP contribution in [-0.2, 0) is 0 Å². The van der Waals surface area contributed by atoms with Gasteiger partial charge in [-0.15, -0.1) is 5.01 Å². The molecule has 0 amide bonds. The molecule has 0 aromatic carbocycles. The summed E-state index contributed by atoms with van der Waals surface area (Å²) in [5.74, 6) is 0. The Morgan fingerprint density at radius 3 is 2.50 bits per heavy atom. The summed E-state index contributed by atoms with van der Waals surface area (Å²) in [7, 11) is 4.41. The van der Waals surface area contributed by atoms with E-state index in [0.717, 1.165) is 17.8 Å². The van der Waals surface area contributed by atoms with Gasteiger partial charge in [0.15, 0.2) is 6.67 Å². The highest BCUT2D eigenvalue weighted by Crippen LogP contribution is 2.13. The molecule has 0 bridgehead atoms. The first-order chi connectivity index (χ1) is 4.60. The van der Waals surface area contributed by atoms with Crippen LogP contribution in [0, 0.1) is 0 Å². The molecule has 2 atom stereocenters. The predicted octanol–water partition coefficient (Wildman–Crippen LogP) is 0.206.